The van der Waals surface area contributed by atoms with E-state index in [4.69, 9.17) is 4.74 Å². The second kappa shape index (κ2) is 8.70. The third kappa shape index (κ3) is 7.24. The summed E-state index contributed by atoms with van der Waals surface area (Å²) in [4.78, 5) is 0. The van der Waals surface area contributed by atoms with Crippen LogP contribution in [0.3, 0.4) is 0 Å². The van der Waals surface area contributed by atoms with Crippen molar-refractivity contribution in [2.75, 3.05) is 19.8 Å². The highest BCUT2D eigenvalue weighted by Crippen LogP contribution is 2.22. The third-order valence-electron chi connectivity index (χ3n) is 2.77. The van der Waals surface area contributed by atoms with Gasteiger partial charge in [-0.25, -0.2) is 4.39 Å². The first kappa shape index (κ1) is 18.4. The molecule has 2 nitrogen and oxygen atoms in total. The standard InChI is InChI=1S/C14H18BrF4NO/c1-2-6-20-11(8-21-9-14(17,18)19)7-10-4-3-5-12(16)13(10)15/h3-5,11,20H,2,6-9H2,1H3. The second-order valence-corrected chi connectivity index (χ2v) is 5.49. The molecule has 0 saturated carbocycles. The van der Waals surface area contributed by atoms with Crippen molar-refractivity contribution in [1.82, 2.24) is 5.32 Å². The molecule has 0 spiro atoms. The van der Waals surface area contributed by atoms with Crippen LogP contribution in [-0.4, -0.2) is 32.0 Å². The zero-order chi connectivity index (χ0) is 15.9. The average molecular weight is 372 g/mol. The highest BCUT2D eigenvalue weighted by Gasteiger charge is 2.28. The van der Waals surface area contributed by atoms with Gasteiger partial charge in [0.1, 0.15) is 12.4 Å². The normalized spacial score (nSPS) is 13.4. The second-order valence-electron chi connectivity index (χ2n) is 4.70. The lowest BCUT2D eigenvalue weighted by atomic mass is 10.1. The molecule has 1 atom stereocenters. The first-order valence-corrected chi connectivity index (χ1v) is 7.43. The quantitative estimate of drug-likeness (QED) is 0.695. The molecule has 7 heteroatoms. The summed E-state index contributed by atoms with van der Waals surface area (Å²) < 4.78 is 54.8. The first-order valence-electron chi connectivity index (χ1n) is 6.64. The molecule has 0 aliphatic carbocycles. The Balaban J connectivity index is 2.62. The van der Waals surface area contributed by atoms with Gasteiger partial charge in [-0.2, -0.15) is 13.2 Å². The van der Waals surface area contributed by atoms with Crippen molar-refractivity contribution >= 4 is 15.9 Å². The van der Waals surface area contributed by atoms with Crippen molar-refractivity contribution in [2.24, 2.45) is 0 Å². The summed E-state index contributed by atoms with van der Waals surface area (Å²) in [6.07, 6.45) is -3.11. The number of rotatable bonds is 8. The maximum Gasteiger partial charge on any atom is 0.411 e. The molecule has 0 aliphatic rings. The number of hydrogen-bond donors (Lipinski definition) is 1. The van der Waals surface area contributed by atoms with E-state index in [2.05, 4.69) is 21.2 Å². The molecule has 0 bridgehead atoms. The predicted molar refractivity (Wildman–Crippen MR) is 76.8 cm³/mol. The van der Waals surface area contributed by atoms with Gasteiger partial charge in [0, 0.05) is 6.04 Å². The number of ether oxygens (including phenoxy) is 1. The van der Waals surface area contributed by atoms with Gasteiger partial charge in [0.2, 0.25) is 0 Å². The summed E-state index contributed by atoms with van der Waals surface area (Å²) in [6.45, 7) is 1.26. The monoisotopic (exact) mass is 371 g/mol. The van der Waals surface area contributed by atoms with Gasteiger partial charge in [0.25, 0.3) is 0 Å². The molecule has 0 radical (unpaired) electrons. The lowest BCUT2D eigenvalue weighted by Gasteiger charge is -2.20. The molecule has 0 amide bonds. The van der Waals surface area contributed by atoms with Crippen molar-refractivity contribution in [3.8, 4) is 0 Å². The summed E-state index contributed by atoms with van der Waals surface area (Å²) >= 11 is 3.15. The van der Waals surface area contributed by atoms with Crippen LogP contribution in [0.1, 0.15) is 18.9 Å². The van der Waals surface area contributed by atoms with E-state index in [1.807, 2.05) is 6.92 Å². The van der Waals surface area contributed by atoms with Gasteiger partial charge in [0.15, 0.2) is 0 Å². The molecule has 0 aliphatic heterocycles. The summed E-state index contributed by atoms with van der Waals surface area (Å²) in [7, 11) is 0. The molecule has 0 heterocycles. The predicted octanol–water partition coefficient (Wildman–Crippen LogP) is 4.08. The van der Waals surface area contributed by atoms with Crippen molar-refractivity contribution in [2.45, 2.75) is 32.0 Å². The molecule has 0 saturated heterocycles. The van der Waals surface area contributed by atoms with E-state index in [-0.39, 0.29) is 12.6 Å². The minimum Gasteiger partial charge on any atom is -0.370 e. The Morgan fingerprint density at radius 2 is 2.05 bits per heavy atom. The van der Waals surface area contributed by atoms with Crippen molar-refractivity contribution < 1.29 is 22.3 Å². The first-order chi connectivity index (χ1) is 9.83. The molecule has 1 aromatic carbocycles. The van der Waals surface area contributed by atoms with Gasteiger partial charge in [-0.15, -0.1) is 0 Å². The molecule has 1 aromatic rings. The van der Waals surface area contributed by atoms with E-state index in [1.165, 1.54) is 6.07 Å². The van der Waals surface area contributed by atoms with Gasteiger partial charge in [0.05, 0.1) is 11.1 Å². The SMILES string of the molecule is CCCNC(COCC(F)(F)F)Cc1cccc(F)c1Br. The maximum atomic E-state index is 13.4. The largest absolute Gasteiger partial charge is 0.411 e. The fourth-order valence-electron chi connectivity index (χ4n) is 1.83. The number of nitrogens with one attached hydrogen (secondary N) is 1. The van der Waals surface area contributed by atoms with Gasteiger partial charge in [-0.05, 0) is 46.9 Å². The van der Waals surface area contributed by atoms with Crippen LogP contribution in [0.2, 0.25) is 0 Å². The Hall–Kier alpha value is -0.660. The fraction of sp³-hybridized carbons (Fsp3) is 0.571. The molecule has 1 rings (SSSR count). The smallest absolute Gasteiger partial charge is 0.370 e. The minimum atomic E-state index is -4.34. The van der Waals surface area contributed by atoms with Crippen LogP contribution in [-0.2, 0) is 11.2 Å². The van der Waals surface area contributed by atoms with Gasteiger partial charge in [-0.1, -0.05) is 19.1 Å². The van der Waals surface area contributed by atoms with Crippen LogP contribution in [0.15, 0.2) is 22.7 Å². The Kier molecular flexibility index (Phi) is 7.62. The number of alkyl halides is 3. The third-order valence-corrected chi connectivity index (χ3v) is 3.65. The highest BCUT2D eigenvalue weighted by atomic mass is 79.9. The lowest BCUT2D eigenvalue weighted by molar-refractivity contribution is -0.175. The molecule has 0 aromatic heterocycles. The van der Waals surface area contributed by atoms with Crippen LogP contribution >= 0.6 is 15.9 Å². The van der Waals surface area contributed by atoms with Crippen molar-refractivity contribution in [3.05, 3.63) is 34.1 Å². The van der Waals surface area contributed by atoms with E-state index in [1.54, 1.807) is 12.1 Å². The zero-order valence-corrected chi connectivity index (χ0v) is 13.2. The van der Waals surface area contributed by atoms with E-state index < -0.39 is 18.6 Å². The Morgan fingerprint density at radius 1 is 1.33 bits per heavy atom. The summed E-state index contributed by atoms with van der Waals surface area (Å²) in [5.74, 6) is -0.391. The summed E-state index contributed by atoms with van der Waals surface area (Å²) in [5, 5.41) is 3.12. The Labute approximate surface area is 130 Å². The van der Waals surface area contributed by atoms with E-state index in [0.29, 0.717) is 23.0 Å². The maximum absolute atomic E-state index is 13.4. The van der Waals surface area contributed by atoms with Crippen LogP contribution < -0.4 is 5.32 Å². The molecule has 120 valence electrons. The van der Waals surface area contributed by atoms with E-state index in [9.17, 15) is 17.6 Å². The fourth-order valence-corrected chi connectivity index (χ4v) is 2.25. The molecular formula is C14H18BrF4NO. The van der Waals surface area contributed by atoms with Crippen LogP contribution in [0.4, 0.5) is 17.6 Å². The Morgan fingerprint density at radius 3 is 2.67 bits per heavy atom. The van der Waals surface area contributed by atoms with Crippen LogP contribution in [0.5, 0.6) is 0 Å². The molecular weight excluding hydrogens is 354 g/mol. The summed E-state index contributed by atoms with van der Waals surface area (Å²) in [6, 6.07) is 4.33. The topological polar surface area (TPSA) is 21.3 Å². The van der Waals surface area contributed by atoms with E-state index in [0.717, 1.165) is 6.42 Å². The number of halogens is 5. The minimum absolute atomic E-state index is 0.0809. The van der Waals surface area contributed by atoms with Crippen molar-refractivity contribution in [1.29, 1.82) is 0 Å². The van der Waals surface area contributed by atoms with Gasteiger partial charge >= 0.3 is 6.18 Å². The average Bonchev–Trinajstić information content (AvgIpc) is 2.39. The molecule has 0 fully saturated rings. The summed E-state index contributed by atoms with van der Waals surface area (Å²) in [5.41, 5.74) is 0.694. The number of benzene rings is 1. The van der Waals surface area contributed by atoms with E-state index >= 15 is 0 Å². The molecule has 1 N–H and O–H groups in total. The number of hydrogen-bond acceptors (Lipinski definition) is 2. The Bertz CT molecular complexity index is 439. The van der Waals surface area contributed by atoms with Gasteiger partial charge in [-0.3, -0.25) is 0 Å². The van der Waals surface area contributed by atoms with Crippen LogP contribution in [0.25, 0.3) is 0 Å². The molecule has 1 unspecified atom stereocenters. The highest BCUT2D eigenvalue weighted by molar-refractivity contribution is 9.10. The zero-order valence-electron chi connectivity index (χ0n) is 11.6. The van der Waals surface area contributed by atoms with Crippen molar-refractivity contribution in [3.63, 3.8) is 0 Å². The molecule has 21 heavy (non-hydrogen) atoms. The van der Waals surface area contributed by atoms with Crippen LogP contribution in [0, 0.1) is 5.82 Å². The van der Waals surface area contributed by atoms with Gasteiger partial charge < -0.3 is 10.1 Å². The lowest BCUT2D eigenvalue weighted by Crippen LogP contribution is -2.37.